The van der Waals surface area contributed by atoms with Crippen LogP contribution in [-0.2, 0) is 0 Å². The number of nitrogens with one attached hydrogen (secondary N) is 1. The molecule has 0 amide bonds. The van der Waals surface area contributed by atoms with Crippen molar-refractivity contribution < 1.29 is 4.79 Å². The van der Waals surface area contributed by atoms with Crippen molar-refractivity contribution in [2.24, 2.45) is 0 Å². The third-order valence-corrected chi connectivity index (χ3v) is 4.14. The Bertz CT molecular complexity index is 586. The van der Waals surface area contributed by atoms with Crippen molar-refractivity contribution in [1.29, 1.82) is 0 Å². The summed E-state index contributed by atoms with van der Waals surface area (Å²) in [5.41, 5.74) is 0.731. The van der Waals surface area contributed by atoms with E-state index in [-0.39, 0.29) is 5.78 Å². The molecule has 1 N–H and O–H groups in total. The van der Waals surface area contributed by atoms with E-state index in [1.807, 2.05) is 28.6 Å². The average Bonchev–Trinajstić information content (AvgIpc) is 2.93. The van der Waals surface area contributed by atoms with Crippen molar-refractivity contribution in [2.75, 3.05) is 6.54 Å². The number of hydrogen-bond acceptors (Lipinski definition) is 6. The molecule has 0 saturated heterocycles. The van der Waals surface area contributed by atoms with Gasteiger partial charge in [0.05, 0.1) is 0 Å². The molecule has 0 spiro atoms. The molecule has 1 aromatic heterocycles. The number of rotatable bonds is 3. The van der Waals surface area contributed by atoms with E-state index < -0.39 is 6.04 Å². The SMILES string of the molecule is CCCN1Sc2ccccc2C(=O)C1c1nn[nH]n1. The Kier molecular flexibility index (Phi) is 3.31. The summed E-state index contributed by atoms with van der Waals surface area (Å²) in [4.78, 5) is 13.6. The van der Waals surface area contributed by atoms with Crippen LogP contribution >= 0.6 is 11.9 Å². The van der Waals surface area contributed by atoms with Crippen LogP contribution in [0.2, 0.25) is 0 Å². The summed E-state index contributed by atoms with van der Waals surface area (Å²) in [7, 11) is 0. The first-order valence-electron chi connectivity index (χ1n) is 6.12. The molecule has 0 radical (unpaired) electrons. The number of aromatic nitrogens is 4. The van der Waals surface area contributed by atoms with E-state index in [9.17, 15) is 4.79 Å². The van der Waals surface area contributed by atoms with E-state index in [0.29, 0.717) is 5.82 Å². The predicted molar refractivity (Wildman–Crippen MR) is 70.5 cm³/mol. The van der Waals surface area contributed by atoms with Crippen molar-refractivity contribution in [2.45, 2.75) is 24.3 Å². The lowest BCUT2D eigenvalue weighted by molar-refractivity contribution is 0.0885. The third-order valence-electron chi connectivity index (χ3n) is 2.95. The number of nitrogens with zero attached hydrogens (tertiary/aromatic N) is 4. The fraction of sp³-hybridized carbons (Fsp3) is 0.333. The van der Waals surface area contributed by atoms with Crippen molar-refractivity contribution in [3.05, 3.63) is 35.7 Å². The van der Waals surface area contributed by atoms with Crippen molar-refractivity contribution in [1.82, 2.24) is 24.9 Å². The minimum absolute atomic E-state index is 0.0317. The zero-order chi connectivity index (χ0) is 13.2. The van der Waals surface area contributed by atoms with Crippen LogP contribution in [0.5, 0.6) is 0 Å². The van der Waals surface area contributed by atoms with Gasteiger partial charge in [-0.25, -0.2) is 4.31 Å². The highest BCUT2D eigenvalue weighted by Gasteiger charge is 2.37. The fourth-order valence-corrected chi connectivity index (χ4v) is 3.36. The van der Waals surface area contributed by atoms with Crippen LogP contribution in [0.15, 0.2) is 29.2 Å². The summed E-state index contributed by atoms with van der Waals surface area (Å²) >= 11 is 1.58. The fourth-order valence-electron chi connectivity index (χ4n) is 2.13. The number of ketones is 1. The molecule has 2 aromatic rings. The topological polar surface area (TPSA) is 74.8 Å². The highest BCUT2D eigenvalue weighted by atomic mass is 32.2. The molecule has 2 heterocycles. The molecule has 6 nitrogen and oxygen atoms in total. The molecule has 1 unspecified atom stereocenters. The molecule has 7 heteroatoms. The number of carbonyl (C=O) groups is 1. The van der Waals surface area contributed by atoms with Gasteiger partial charge < -0.3 is 0 Å². The Balaban J connectivity index is 2.04. The molecular formula is C12H13N5OS. The largest absolute Gasteiger partial charge is 0.292 e. The molecule has 19 heavy (non-hydrogen) atoms. The van der Waals surface area contributed by atoms with Gasteiger partial charge in [-0.2, -0.15) is 5.21 Å². The molecule has 0 fully saturated rings. The quantitative estimate of drug-likeness (QED) is 0.862. The van der Waals surface area contributed by atoms with E-state index in [1.165, 1.54) is 0 Å². The lowest BCUT2D eigenvalue weighted by atomic mass is 10.0. The van der Waals surface area contributed by atoms with Crippen LogP contribution in [0.3, 0.4) is 0 Å². The zero-order valence-corrected chi connectivity index (χ0v) is 11.2. The number of H-pyrrole nitrogens is 1. The van der Waals surface area contributed by atoms with Crippen LogP contribution in [0, 0.1) is 0 Å². The average molecular weight is 275 g/mol. The smallest absolute Gasteiger partial charge is 0.200 e. The van der Waals surface area contributed by atoms with E-state index in [1.54, 1.807) is 11.9 Å². The van der Waals surface area contributed by atoms with Gasteiger partial charge in [-0.15, -0.1) is 10.2 Å². The second kappa shape index (κ2) is 5.10. The number of benzene rings is 1. The molecule has 98 valence electrons. The minimum Gasteiger partial charge on any atom is -0.292 e. The van der Waals surface area contributed by atoms with Crippen molar-refractivity contribution in [3.8, 4) is 0 Å². The van der Waals surface area contributed by atoms with E-state index in [4.69, 9.17) is 0 Å². The Morgan fingerprint density at radius 2 is 2.26 bits per heavy atom. The van der Waals surface area contributed by atoms with Gasteiger partial charge in [-0.05, 0) is 24.4 Å². The highest BCUT2D eigenvalue weighted by molar-refractivity contribution is 7.97. The van der Waals surface area contributed by atoms with Gasteiger partial charge in [-0.1, -0.05) is 30.3 Å². The molecule has 3 rings (SSSR count). The van der Waals surface area contributed by atoms with Gasteiger partial charge in [0.2, 0.25) is 0 Å². The Labute approximate surface area is 114 Å². The summed E-state index contributed by atoms with van der Waals surface area (Å²) < 4.78 is 2.02. The number of carbonyl (C=O) groups excluding carboxylic acids is 1. The second-order valence-corrected chi connectivity index (χ2v) is 5.36. The van der Waals surface area contributed by atoms with Gasteiger partial charge in [-0.3, -0.25) is 4.79 Å². The molecule has 0 saturated carbocycles. The molecular weight excluding hydrogens is 262 g/mol. The molecule has 0 bridgehead atoms. The minimum atomic E-state index is -0.460. The molecule has 1 aliphatic rings. The molecule has 0 aliphatic carbocycles. The van der Waals surface area contributed by atoms with Crippen molar-refractivity contribution >= 4 is 17.7 Å². The molecule has 1 atom stereocenters. The maximum Gasteiger partial charge on any atom is 0.200 e. The predicted octanol–water partition coefficient (Wildman–Crippen LogP) is 1.86. The summed E-state index contributed by atoms with van der Waals surface area (Å²) in [5, 5.41) is 13.9. The van der Waals surface area contributed by atoms with E-state index in [2.05, 4.69) is 27.5 Å². The molecule has 1 aliphatic heterocycles. The number of hydrogen-bond donors (Lipinski definition) is 1. The second-order valence-electron chi connectivity index (χ2n) is 4.26. The van der Waals surface area contributed by atoms with E-state index >= 15 is 0 Å². The van der Waals surface area contributed by atoms with Gasteiger partial charge in [0, 0.05) is 17.0 Å². The van der Waals surface area contributed by atoms with Gasteiger partial charge in [0.15, 0.2) is 11.6 Å². The monoisotopic (exact) mass is 275 g/mol. The maximum atomic E-state index is 12.6. The Hall–Kier alpha value is -1.73. The van der Waals surface area contributed by atoms with E-state index in [0.717, 1.165) is 23.4 Å². The highest BCUT2D eigenvalue weighted by Crippen LogP contribution is 2.40. The van der Waals surface area contributed by atoms with Crippen LogP contribution in [0.1, 0.15) is 35.6 Å². The maximum absolute atomic E-state index is 12.6. The lowest BCUT2D eigenvalue weighted by Crippen LogP contribution is -2.34. The number of tetrazole rings is 1. The normalized spacial score (nSPS) is 19.4. The first-order valence-corrected chi connectivity index (χ1v) is 6.89. The Morgan fingerprint density at radius 3 is 3.00 bits per heavy atom. The van der Waals surface area contributed by atoms with Crippen LogP contribution < -0.4 is 0 Å². The Morgan fingerprint density at radius 1 is 1.42 bits per heavy atom. The van der Waals surface area contributed by atoms with Crippen LogP contribution in [0.4, 0.5) is 0 Å². The summed E-state index contributed by atoms with van der Waals surface area (Å²) in [6, 6.07) is 7.17. The number of Topliss-reactive ketones (excluding diaryl/α,β-unsaturated/α-hetero) is 1. The number of fused-ring (bicyclic) bond motifs is 1. The summed E-state index contributed by atoms with van der Waals surface area (Å²) in [6.45, 7) is 2.88. The summed E-state index contributed by atoms with van der Waals surface area (Å²) in [6.07, 6.45) is 0.955. The first-order chi connectivity index (χ1) is 9.31. The standard InChI is InChI=1S/C12H13N5OS/c1-2-7-17-10(12-13-15-16-14-12)11(18)8-5-3-4-6-9(8)19-17/h3-6,10H,2,7H2,1H3,(H,13,14,15,16). The summed E-state index contributed by atoms with van der Waals surface area (Å²) in [5.74, 6) is 0.463. The lowest BCUT2D eigenvalue weighted by Gasteiger charge is -2.32. The van der Waals surface area contributed by atoms with Crippen LogP contribution in [0.25, 0.3) is 0 Å². The van der Waals surface area contributed by atoms with Crippen molar-refractivity contribution in [3.63, 3.8) is 0 Å². The third kappa shape index (κ3) is 2.15. The zero-order valence-electron chi connectivity index (χ0n) is 10.4. The van der Waals surface area contributed by atoms with Crippen LogP contribution in [-0.4, -0.2) is 37.3 Å². The van der Waals surface area contributed by atoms with Gasteiger partial charge in [0.25, 0.3) is 0 Å². The first kappa shape index (κ1) is 12.3. The van der Waals surface area contributed by atoms with Gasteiger partial charge >= 0.3 is 0 Å². The molecule has 1 aromatic carbocycles. The number of aromatic amines is 1. The van der Waals surface area contributed by atoms with Gasteiger partial charge in [0.1, 0.15) is 6.04 Å².